The molecule has 1 aromatic heterocycles. The third kappa shape index (κ3) is 7.68. The van der Waals surface area contributed by atoms with Gasteiger partial charge >= 0.3 is 5.69 Å². The van der Waals surface area contributed by atoms with E-state index in [0.717, 1.165) is 10.8 Å². The van der Waals surface area contributed by atoms with E-state index in [0.29, 0.717) is 39.5 Å². The number of nitrogens with zero attached hydrogens (tertiary/aromatic N) is 1. The van der Waals surface area contributed by atoms with Gasteiger partial charge in [-0.15, -0.1) is 0 Å². The minimum absolute atomic E-state index is 0.0228. The van der Waals surface area contributed by atoms with Gasteiger partial charge in [0.15, 0.2) is 0 Å². The summed E-state index contributed by atoms with van der Waals surface area (Å²) in [6.45, 7) is 2.37. The fraction of sp³-hybridized carbons (Fsp3) is 0.615. The first kappa shape index (κ1) is 19.0. The van der Waals surface area contributed by atoms with Crippen LogP contribution in [0.1, 0.15) is 6.42 Å². The lowest BCUT2D eigenvalue weighted by atomic mass is 10.4. The maximum atomic E-state index is 13.0. The van der Waals surface area contributed by atoms with Gasteiger partial charge in [-0.05, 0) is 0 Å². The molecule has 0 atom stereocenters. The van der Waals surface area contributed by atoms with Crippen LogP contribution in [0.15, 0.2) is 15.8 Å². The average molecular weight is 332 g/mol. The number of hydrogen-bond acceptors (Lipinski definition) is 6. The first-order chi connectivity index (χ1) is 11.0. The number of H-pyrrole nitrogens is 1. The Morgan fingerprint density at radius 3 is 2.65 bits per heavy atom. The molecule has 1 heterocycles. The van der Waals surface area contributed by atoms with Gasteiger partial charge in [-0.25, -0.2) is 4.79 Å². The van der Waals surface area contributed by atoms with E-state index in [1.807, 2.05) is 4.98 Å². The fourth-order valence-electron chi connectivity index (χ4n) is 1.63. The molecule has 23 heavy (non-hydrogen) atoms. The Labute approximate surface area is 131 Å². The molecule has 0 aliphatic rings. The van der Waals surface area contributed by atoms with Crippen molar-refractivity contribution in [3.05, 3.63) is 32.9 Å². The number of hydrogen-bond donors (Lipinski definition) is 3. The van der Waals surface area contributed by atoms with Crippen molar-refractivity contribution in [1.29, 1.82) is 0 Å². The first-order valence-electron chi connectivity index (χ1n) is 7.16. The van der Waals surface area contributed by atoms with Gasteiger partial charge in [0, 0.05) is 26.1 Å². The molecule has 0 bridgehead atoms. The zero-order valence-corrected chi connectivity index (χ0v) is 12.7. The summed E-state index contributed by atoms with van der Waals surface area (Å²) in [6.07, 6.45) is 0.754. The van der Waals surface area contributed by atoms with Crippen LogP contribution in [0.25, 0.3) is 0 Å². The van der Waals surface area contributed by atoms with Gasteiger partial charge in [0.1, 0.15) is 0 Å². The Morgan fingerprint density at radius 2 is 1.96 bits per heavy atom. The maximum absolute atomic E-state index is 13.0. The summed E-state index contributed by atoms with van der Waals surface area (Å²) >= 11 is 0. The molecular weight excluding hydrogens is 311 g/mol. The molecule has 1 amide bonds. The quantitative estimate of drug-likeness (QED) is 0.409. The van der Waals surface area contributed by atoms with Gasteiger partial charge in [0.2, 0.25) is 11.7 Å². The molecule has 0 aromatic carbocycles. The Morgan fingerprint density at radius 1 is 1.26 bits per heavy atom. The van der Waals surface area contributed by atoms with E-state index in [-0.39, 0.29) is 18.9 Å². The van der Waals surface area contributed by atoms with Gasteiger partial charge in [0.05, 0.1) is 32.6 Å². The average Bonchev–Trinajstić information content (AvgIpc) is 2.52. The molecule has 4 N–H and O–H groups in total. The smallest absolute Gasteiger partial charge is 0.328 e. The number of carbonyl (C=O) groups excluding carboxylic acids is 1. The van der Waals surface area contributed by atoms with Crippen LogP contribution in [-0.2, 0) is 20.8 Å². The lowest BCUT2D eigenvalue weighted by molar-refractivity contribution is -0.121. The highest BCUT2D eigenvalue weighted by molar-refractivity contribution is 5.75. The van der Waals surface area contributed by atoms with E-state index >= 15 is 0 Å². The molecule has 1 rings (SSSR count). The van der Waals surface area contributed by atoms with Crippen molar-refractivity contribution in [3.63, 3.8) is 0 Å². The summed E-state index contributed by atoms with van der Waals surface area (Å²) < 4.78 is 24.3. The van der Waals surface area contributed by atoms with Crippen LogP contribution in [-0.4, -0.2) is 55.0 Å². The van der Waals surface area contributed by atoms with Crippen molar-refractivity contribution in [2.75, 3.05) is 39.5 Å². The zero-order valence-electron chi connectivity index (χ0n) is 12.7. The summed E-state index contributed by atoms with van der Waals surface area (Å²) in [5.41, 5.74) is 3.41. The third-order valence-corrected chi connectivity index (χ3v) is 2.75. The van der Waals surface area contributed by atoms with Crippen LogP contribution in [0.5, 0.6) is 0 Å². The summed E-state index contributed by atoms with van der Waals surface area (Å²) in [4.78, 5) is 35.6. The lowest BCUT2D eigenvalue weighted by Crippen LogP contribution is -2.33. The molecule has 0 aliphatic heterocycles. The molecule has 130 valence electrons. The number of halogens is 1. The molecule has 0 saturated carbocycles. The van der Waals surface area contributed by atoms with Crippen LogP contribution >= 0.6 is 0 Å². The minimum atomic E-state index is -1.08. The standard InChI is InChI=1S/C13H21FN4O5/c14-10-9-18(13(21)17-12(10)20)4-1-11(19)16-3-6-23-8-7-22-5-2-15/h9H,1-8,15H2,(H,16,19)(H,17,20,21). The van der Waals surface area contributed by atoms with Crippen LogP contribution < -0.4 is 22.3 Å². The molecule has 0 unspecified atom stereocenters. The third-order valence-electron chi connectivity index (χ3n) is 2.75. The largest absolute Gasteiger partial charge is 0.378 e. The molecule has 10 heteroatoms. The van der Waals surface area contributed by atoms with Gasteiger partial charge < -0.3 is 20.5 Å². The van der Waals surface area contributed by atoms with Gasteiger partial charge in [0.25, 0.3) is 5.56 Å². The Kier molecular flexibility index (Phi) is 8.80. The fourth-order valence-corrected chi connectivity index (χ4v) is 1.63. The Bertz CT molecular complexity index is 601. The van der Waals surface area contributed by atoms with Crippen LogP contribution in [0.3, 0.4) is 0 Å². The van der Waals surface area contributed by atoms with Crippen molar-refractivity contribution in [3.8, 4) is 0 Å². The van der Waals surface area contributed by atoms with Crippen molar-refractivity contribution < 1.29 is 18.7 Å². The number of amides is 1. The summed E-state index contributed by atoms with van der Waals surface area (Å²) in [6, 6.07) is 0. The summed E-state index contributed by atoms with van der Waals surface area (Å²) in [7, 11) is 0. The Balaban J connectivity index is 2.17. The molecule has 1 aromatic rings. The molecule has 0 aliphatic carbocycles. The number of rotatable bonds is 11. The predicted molar refractivity (Wildman–Crippen MR) is 79.6 cm³/mol. The minimum Gasteiger partial charge on any atom is -0.378 e. The number of nitrogens with two attached hydrogens (primary N) is 1. The number of aromatic nitrogens is 2. The highest BCUT2D eigenvalue weighted by Crippen LogP contribution is 1.89. The van der Waals surface area contributed by atoms with Crippen LogP contribution in [0.4, 0.5) is 4.39 Å². The monoisotopic (exact) mass is 332 g/mol. The van der Waals surface area contributed by atoms with Gasteiger partial charge in [-0.3, -0.25) is 19.1 Å². The molecule has 0 radical (unpaired) electrons. The molecule has 0 fully saturated rings. The highest BCUT2D eigenvalue weighted by Gasteiger charge is 2.06. The second kappa shape index (κ2) is 10.6. The van der Waals surface area contributed by atoms with E-state index in [2.05, 4.69) is 5.32 Å². The number of aryl methyl sites for hydroxylation is 1. The maximum Gasteiger partial charge on any atom is 0.328 e. The molecule has 9 nitrogen and oxygen atoms in total. The number of ether oxygens (including phenoxy) is 2. The predicted octanol–water partition coefficient (Wildman–Crippen LogP) is -1.83. The zero-order chi connectivity index (χ0) is 17.1. The number of aromatic amines is 1. The second-order valence-corrected chi connectivity index (χ2v) is 4.54. The summed E-state index contributed by atoms with van der Waals surface area (Å²) in [5, 5.41) is 2.59. The first-order valence-corrected chi connectivity index (χ1v) is 7.16. The Hall–Kier alpha value is -2.04. The molecule has 0 saturated heterocycles. The SMILES string of the molecule is NCCOCCOCCNC(=O)CCn1cc(F)c(=O)[nH]c1=O. The van der Waals surface area contributed by atoms with Crippen LogP contribution in [0, 0.1) is 5.82 Å². The van der Waals surface area contributed by atoms with E-state index in [4.69, 9.17) is 15.2 Å². The van der Waals surface area contributed by atoms with Crippen molar-refractivity contribution in [2.24, 2.45) is 5.73 Å². The second-order valence-electron chi connectivity index (χ2n) is 4.54. The molecule has 0 spiro atoms. The van der Waals surface area contributed by atoms with Gasteiger partial charge in [-0.1, -0.05) is 0 Å². The topological polar surface area (TPSA) is 128 Å². The van der Waals surface area contributed by atoms with Crippen LogP contribution in [0.2, 0.25) is 0 Å². The molecular formula is C13H21FN4O5. The van der Waals surface area contributed by atoms with Crippen molar-refractivity contribution in [1.82, 2.24) is 14.9 Å². The highest BCUT2D eigenvalue weighted by atomic mass is 19.1. The normalized spacial score (nSPS) is 10.7. The van der Waals surface area contributed by atoms with E-state index < -0.39 is 17.1 Å². The van der Waals surface area contributed by atoms with E-state index in [9.17, 15) is 18.8 Å². The van der Waals surface area contributed by atoms with Crippen molar-refractivity contribution >= 4 is 5.91 Å². The van der Waals surface area contributed by atoms with E-state index in [1.54, 1.807) is 0 Å². The van der Waals surface area contributed by atoms with Crippen molar-refractivity contribution in [2.45, 2.75) is 13.0 Å². The lowest BCUT2D eigenvalue weighted by Gasteiger charge is -2.08. The number of nitrogens with one attached hydrogen (secondary N) is 2. The number of carbonyl (C=O) groups is 1. The van der Waals surface area contributed by atoms with E-state index in [1.165, 1.54) is 0 Å². The summed E-state index contributed by atoms with van der Waals surface area (Å²) in [5.74, 6) is -1.39. The van der Waals surface area contributed by atoms with Gasteiger partial charge in [-0.2, -0.15) is 4.39 Å².